The second kappa shape index (κ2) is 10.6. The van der Waals surface area contributed by atoms with Gasteiger partial charge in [0.05, 0.1) is 22.3 Å². The smallest absolute Gasteiger partial charge is 0.254 e. The van der Waals surface area contributed by atoms with E-state index in [-0.39, 0.29) is 11.7 Å². The fourth-order valence-corrected chi connectivity index (χ4v) is 4.97. The largest absolute Gasteiger partial charge is 0.348 e. The Balaban J connectivity index is 1.61. The molecule has 6 rings (SSSR count). The molecule has 0 unspecified atom stereocenters. The fraction of sp³-hybridized carbons (Fsp3) is 0.0882. The molecule has 0 aliphatic heterocycles. The monoisotopic (exact) mass is 526 g/mol. The molecular formula is C34H27FN4O. The highest BCUT2D eigenvalue weighted by atomic mass is 19.1. The first kappa shape index (κ1) is 25.2. The van der Waals surface area contributed by atoms with Gasteiger partial charge in [0.2, 0.25) is 0 Å². The molecular weight excluding hydrogens is 499 g/mol. The lowest BCUT2D eigenvalue weighted by Gasteiger charge is -2.16. The summed E-state index contributed by atoms with van der Waals surface area (Å²) in [5.41, 5.74) is 7.59. The zero-order valence-electron chi connectivity index (χ0n) is 22.2. The van der Waals surface area contributed by atoms with Gasteiger partial charge in [-0.15, -0.1) is 0 Å². The number of amides is 1. The number of nitrogens with zero attached hydrogens (tertiary/aromatic N) is 3. The van der Waals surface area contributed by atoms with Crippen LogP contribution in [0.5, 0.6) is 0 Å². The third-order valence-corrected chi connectivity index (χ3v) is 6.98. The van der Waals surface area contributed by atoms with Crippen LogP contribution in [0.1, 0.15) is 27.2 Å². The molecule has 5 nitrogen and oxygen atoms in total. The van der Waals surface area contributed by atoms with Gasteiger partial charge in [0, 0.05) is 17.7 Å². The normalized spacial score (nSPS) is 11.1. The number of hydrogen-bond acceptors (Lipinski definition) is 3. The Morgan fingerprint density at radius 1 is 0.800 bits per heavy atom. The van der Waals surface area contributed by atoms with Crippen LogP contribution in [0.15, 0.2) is 109 Å². The maximum absolute atomic E-state index is 14.1. The molecule has 0 aliphatic rings. The average molecular weight is 527 g/mol. The Morgan fingerprint density at radius 3 is 2.12 bits per heavy atom. The van der Waals surface area contributed by atoms with Crippen LogP contribution in [0, 0.1) is 19.7 Å². The van der Waals surface area contributed by atoms with E-state index in [1.54, 1.807) is 12.1 Å². The Bertz CT molecular complexity index is 1810. The van der Waals surface area contributed by atoms with Gasteiger partial charge < -0.3 is 5.32 Å². The minimum absolute atomic E-state index is 0.252. The lowest BCUT2D eigenvalue weighted by Crippen LogP contribution is -2.25. The number of benzene rings is 4. The summed E-state index contributed by atoms with van der Waals surface area (Å²) in [6.07, 6.45) is 0. The number of fused-ring (bicyclic) bond motifs is 1. The van der Waals surface area contributed by atoms with Gasteiger partial charge in [-0.25, -0.2) is 14.1 Å². The van der Waals surface area contributed by atoms with E-state index in [2.05, 4.69) is 5.32 Å². The molecule has 0 spiro atoms. The molecule has 6 heteroatoms. The van der Waals surface area contributed by atoms with E-state index < -0.39 is 0 Å². The molecule has 0 atom stereocenters. The summed E-state index contributed by atoms with van der Waals surface area (Å²) >= 11 is 0. The van der Waals surface area contributed by atoms with Crippen LogP contribution in [0.4, 0.5) is 4.39 Å². The minimum atomic E-state index is -0.348. The third kappa shape index (κ3) is 4.76. The Hall–Kier alpha value is -5.10. The van der Waals surface area contributed by atoms with E-state index in [1.165, 1.54) is 12.1 Å². The highest BCUT2D eigenvalue weighted by molar-refractivity contribution is 6.13. The van der Waals surface area contributed by atoms with Gasteiger partial charge in [-0.2, -0.15) is 5.10 Å². The summed E-state index contributed by atoms with van der Waals surface area (Å²) < 4.78 is 15.9. The van der Waals surface area contributed by atoms with Crippen molar-refractivity contribution in [3.63, 3.8) is 0 Å². The lowest BCUT2D eigenvalue weighted by molar-refractivity contribution is 0.0950. The number of aryl methyl sites for hydroxylation is 2. The maximum atomic E-state index is 14.1. The fourth-order valence-electron chi connectivity index (χ4n) is 4.97. The van der Waals surface area contributed by atoms with E-state index in [4.69, 9.17) is 10.1 Å². The van der Waals surface area contributed by atoms with E-state index in [0.29, 0.717) is 40.3 Å². The van der Waals surface area contributed by atoms with Crippen molar-refractivity contribution in [1.29, 1.82) is 0 Å². The van der Waals surface area contributed by atoms with Crippen LogP contribution >= 0.6 is 0 Å². The van der Waals surface area contributed by atoms with E-state index in [1.807, 2.05) is 103 Å². The number of carbonyl (C=O) groups excluding carboxylic acids is 1. The SMILES string of the molecule is Cc1ccc(CNC(=O)c2c(C)nc3c(c(-c4ccccc4)nn3-c3ccccc3)c2-c2ccc(F)cc2)cc1. The Labute approximate surface area is 232 Å². The van der Waals surface area contributed by atoms with Gasteiger partial charge in [-0.05, 0) is 49.2 Å². The number of rotatable bonds is 6. The van der Waals surface area contributed by atoms with Gasteiger partial charge in [0.25, 0.3) is 5.91 Å². The van der Waals surface area contributed by atoms with Crippen molar-refractivity contribution >= 4 is 16.9 Å². The topological polar surface area (TPSA) is 59.8 Å². The molecule has 0 radical (unpaired) electrons. The number of halogens is 1. The quantitative estimate of drug-likeness (QED) is 0.245. The second-order valence-corrected chi connectivity index (χ2v) is 9.78. The van der Waals surface area contributed by atoms with Crippen molar-refractivity contribution in [2.45, 2.75) is 20.4 Å². The van der Waals surface area contributed by atoms with Crippen LogP contribution in [-0.4, -0.2) is 20.7 Å². The predicted molar refractivity (Wildman–Crippen MR) is 157 cm³/mol. The van der Waals surface area contributed by atoms with Crippen molar-refractivity contribution in [1.82, 2.24) is 20.1 Å². The lowest BCUT2D eigenvalue weighted by atomic mass is 9.93. The second-order valence-electron chi connectivity index (χ2n) is 9.78. The summed E-state index contributed by atoms with van der Waals surface area (Å²) in [4.78, 5) is 18.8. The molecule has 1 N–H and O–H groups in total. The molecule has 40 heavy (non-hydrogen) atoms. The van der Waals surface area contributed by atoms with Crippen molar-refractivity contribution in [2.24, 2.45) is 0 Å². The van der Waals surface area contributed by atoms with Crippen LogP contribution in [0.25, 0.3) is 39.1 Å². The number of para-hydroxylation sites is 1. The van der Waals surface area contributed by atoms with Crippen LogP contribution in [-0.2, 0) is 6.54 Å². The molecule has 196 valence electrons. The summed E-state index contributed by atoms with van der Waals surface area (Å²) in [6, 6.07) is 33.9. The minimum Gasteiger partial charge on any atom is -0.348 e. The molecule has 0 saturated carbocycles. The molecule has 0 fully saturated rings. The molecule has 6 aromatic rings. The first-order chi connectivity index (χ1) is 19.5. The van der Waals surface area contributed by atoms with E-state index >= 15 is 0 Å². The standard InChI is InChI=1S/C34H27FN4O/c1-22-13-15-24(16-14-22)21-36-34(40)29-23(2)37-33-31(30(29)25-17-19-27(35)20-18-25)32(26-9-5-3-6-10-26)38-39(33)28-11-7-4-8-12-28/h3-20H,21H2,1-2H3,(H,36,40). The van der Waals surface area contributed by atoms with Crippen LogP contribution < -0.4 is 5.32 Å². The molecule has 2 heterocycles. The molecule has 1 amide bonds. The number of pyridine rings is 1. The number of carbonyl (C=O) groups is 1. The molecule has 0 saturated heterocycles. The third-order valence-electron chi connectivity index (χ3n) is 6.98. The first-order valence-electron chi connectivity index (χ1n) is 13.1. The summed E-state index contributed by atoms with van der Waals surface area (Å²) in [6.45, 7) is 4.23. The van der Waals surface area contributed by atoms with Gasteiger partial charge >= 0.3 is 0 Å². The molecule has 0 aliphatic carbocycles. The van der Waals surface area contributed by atoms with E-state index in [0.717, 1.165) is 27.8 Å². The van der Waals surface area contributed by atoms with Gasteiger partial charge in [0.1, 0.15) is 11.5 Å². The van der Waals surface area contributed by atoms with Gasteiger partial charge in [-0.1, -0.05) is 90.5 Å². The van der Waals surface area contributed by atoms with Crippen LogP contribution in [0.2, 0.25) is 0 Å². The Kier molecular flexibility index (Phi) is 6.66. The molecule has 4 aromatic carbocycles. The average Bonchev–Trinajstić information content (AvgIpc) is 3.36. The van der Waals surface area contributed by atoms with Crippen molar-refractivity contribution < 1.29 is 9.18 Å². The summed E-state index contributed by atoms with van der Waals surface area (Å²) in [5, 5.41) is 8.83. The Morgan fingerprint density at radius 2 is 1.45 bits per heavy atom. The summed E-state index contributed by atoms with van der Waals surface area (Å²) in [7, 11) is 0. The molecule has 2 aromatic heterocycles. The van der Waals surface area contributed by atoms with E-state index in [9.17, 15) is 9.18 Å². The maximum Gasteiger partial charge on any atom is 0.254 e. The van der Waals surface area contributed by atoms with Gasteiger partial charge in [-0.3, -0.25) is 4.79 Å². The molecule has 0 bridgehead atoms. The summed E-state index contributed by atoms with van der Waals surface area (Å²) in [5.74, 6) is -0.599. The van der Waals surface area contributed by atoms with Crippen LogP contribution in [0.3, 0.4) is 0 Å². The van der Waals surface area contributed by atoms with Crippen molar-refractivity contribution in [3.8, 4) is 28.1 Å². The number of aromatic nitrogens is 3. The van der Waals surface area contributed by atoms with Crippen molar-refractivity contribution in [3.05, 3.63) is 137 Å². The zero-order valence-corrected chi connectivity index (χ0v) is 22.2. The van der Waals surface area contributed by atoms with Crippen molar-refractivity contribution in [2.75, 3.05) is 0 Å². The zero-order chi connectivity index (χ0) is 27.6. The highest BCUT2D eigenvalue weighted by Gasteiger charge is 2.26. The number of hydrogen-bond donors (Lipinski definition) is 1. The highest BCUT2D eigenvalue weighted by Crippen LogP contribution is 2.39. The first-order valence-corrected chi connectivity index (χ1v) is 13.1. The predicted octanol–water partition coefficient (Wildman–Crippen LogP) is 7.44. The number of nitrogens with one attached hydrogen (secondary N) is 1. The van der Waals surface area contributed by atoms with Gasteiger partial charge in [0.15, 0.2) is 5.65 Å².